The minimum absolute atomic E-state index is 0.0659. The molecule has 0 saturated heterocycles. The number of unbranched alkanes of at least 4 members (excludes halogenated alkanes) is 1. The van der Waals surface area contributed by atoms with Gasteiger partial charge in [-0.15, -0.1) is 0 Å². The second-order valence-electron chi connectivity index (χ2n) is 3.48. The van der Waals surface area contributed by atoms with E-state index in [0.717, 1.165) is 0 Å². The summed E-state index contributed by atoms with van der Waals surface area (Å²) in [6.45, 7) is 0.372. The van der Waals surface area contributed by atoms with Gasteiger partial charge in [0.2, 0.25) is 10.0 Å². The van der Waals surface area contributed by atoms with Crippen molar-refractivity contribution < 1.29 is 18.3 Å². The SMILES string of the molecule is COc1ccccc1S(=O)(=O)NCCCCO. The number of hydrogen-bond donors (Lipinski definition) is 2. The topological polar surface area (TPSA) is 75.6 Å². The van der Waals surface area contributed by atoms with Gasteiger partial charge in [0.25, 0.3) is 0 Å². The van der Waals surface area contributed by atoms with Gasteiger partial charge in [-0.25, -0.2) is 13.1 Å². The summed E-state index contributed by atoms with van der Waals surface area (Å²) in [7, 11) is -2.11. The Morgan fingerprint density at radius 1 is 1.29 bits per heavy atom. The van der Waals surface area contributed by atoms with Crippen LogP contribution in [-0.2, 0) is 10.0 Å². The lowest BCUT2D eigenvalue weighted by Gasteiger charge is -2.10. The fourth-order valence-corrected chi connectivity index (χ4v) is 2.60. The van der Waals surface area contributed by atoms with Gasteiger partial charge < -0.3 is 9.84 Å². The number of rotatable bonds is 7. The lowest BCUT2D eigenvalue weighted by molar-refractivity contribution is 0.285. The van der Waals surface area contributed by atoms with Crippen LogP contribution in [0.2, 0.25) is 0 Å². The van der Waals surface area contributed by atoms with Gasteiger partial charge in [0, 0.05) is 13.2 Å². The van der Waals surface area contributed by atoms with E-state index in [9.17, 15) is 8.42 Å². The van der Waals surface area contributed by atoms with Gasteiger partial charge in [0.1, 0.15) is 10.6 Å². The average Bonchev–Trinajstić information content (AvgIpc) is 2.34. The first-order chi connectivity index (χ1) is 8.11. The molecule has 5 nitrogen and oxygen atoms in total. The van der Waals surface area contributed by atoms with E-state index in [4.69, 9.17) is 9.84 Å². The van der Waals surface area contributed by atoms with Gasteiger partial charge in [0.05, 0.1) is 7.11 Å². The number of para-hydroxylation sites is 1. The molecule has 0 bridgehead atoms. The number of aliphatic hydroxyl groups excluding tert-OH is 1. The van der Waals surface area contributed by atoms with Crippen molar-refractivity contribution >= 4 is 10.0 Å². The van der Waals surface area contributed by atoms with E-state index in [1.54, 1.807) is 18.2 Å². The van der Waals surface area contributed by atoms with Gasteiger partial charge in [0.15, 0.2) is 0 Å². The fourth-order valence-electron chi connectivity index (χ4n) is 1.36. The highest BCUT2D eigenvalue weighted by Crippen LogP contribution is 2.22. The smallest absolute Gasteiger partial charge is 0.244 e. The summed E-state index contributed by atoms with van der Waals surface area (Å²) in [5.41, 5.74) is 0. The van der Waals surface area contributed by atoms with Crippen LogP contribution in [0.15, 0.2) is 29.2 Å². The summed E-state index contributed by atoms with van der Waals surface area (Å²) in [6, 6.07) is 6.45. The Bertz CT molecular complexity index is 445. The molecule has 2 N–H and O–H groups in total. The number of methoxy groups -OCH3 is 1. The van der Waals surface area contributed by atoms with E-state index >= 15 is 0 Å². The minimum Gasteiger partial charge on any atom is -0.495 e. The van der Waals surface area contributed by atoms with E-state index < -0.39 is 10.0 Å². The third kappa shape index (κ3) is 3.99. The van der Waals surface area contributed by atoms with Crippen molar-refractivity contribution in [1.29, 1.82) is 0 Å². The summed E-state index contributed by atoms with van der Waals surface area (Å²) in [6.07, 6.45) is 1.18. The Kier molecular flexibility index (Phi) is 5.40. The summed E-state index contributed by atoms with van der Waals surface area (Å²) < 4.78 is 31.3. The molecule has 0 unspecified atom stereocenters. The first kappa shape index (κ1) is 14.0. The molecule has 1 rings (SSSR count). The summed E-state index contributed by atoms with van der Waals surface area (Å²) in [4.78, 5) is 0.131. The Labute approximate surface area is 101 Å². The second kappa shape index (κ2) is 6.58. The van der Waals surface area contributed by atoms with Crippen molar-refractivity contribution in [2.45, 2.75) is 17.7 Å². The summed E-state index contributed by atoms with van der Waals surface area (Å²) in [5.74, 6) is 0.321. The van der Waals surface area contributed by atoms with E-state index in [2.05, 4.69) is 4.72 Å². The van der Waals surface area contributed by atoms with Crippen LogP contribution in [0, 0.1) is 0 Å². The molecule has 0 saturated carbocycles. The molecule has 0 aliphatic heterocycles. The van der Waals surface area contributed by atoms with Crippen molar-refractivity contribution in [2.24, 2.45) is 0 Å². The van der Waals surface area contributed by atoms with Gasteiger partial charge in [-0.3, -0.25) is 0 Å². The Balaban J connectivity index is 2.75. The van der Waals surface area contributed by atoms with Crippen molar-refractivity contribution in [2.75, 3.05) is 20.3 Å². The van der Waals surface area contributed by atoms with Crippen molar-refractivity contribution in [3.63, 3.8) is 0 Å². The maximum Gasteiger partial charge on any atom is 0.244 e. The van der Waals surface area contributed by atoms with Gasteiger partial charge in [-0.2, -0.15) is 0 Å². The Hall–Kier alpha value is -1.11. The number of benzene rings is 1. The summed E-state index contributed by atoms with van der Waals surface area (Å²) >= 11 is 0. The molecule has 0 aliphatic carbocycles. The molecule has 0 aliphatic rings. The van der Waals surface area contributed by atoms with E-state index in [-0.39, 0.29) is 11.5 Å². The molecule has 0 fully saturated rings. The molecule has 0 spiro atoms. The zero-order valence-corrected chi connectivity index (χ0v) is 10.5. The Morgan fingerprint density at radius 3 is 2.65 bits per heavy atom. The second-order valence-corrected chi connectivity index (χ2v) is 5.21. The highest BCUT2D eigenvalue weighted by Gasteiger charge is 2.17. The van der Waals surface area contributed by atoms with E-state index in [1.165, 1.54) is 13.2 Å². The quantitative estimate of drug-likeness (QED) is 0.708. The van der Waals surface area contributed by atoms with E-state index in [0.29, 0.717) is 25.1 Å². The number of hydrogen-bond acceptors (Lipinski definition) is 4. The maximum atomic E-state index is 11.9. The molecule has 0 aromatic heterocycles. The molecule has 0 heterocycles. The van der Waals surface area contributed by atoms with Crippen LogP contribution in [0.1, 0.15) is 12.8 Å². The highest BCUT2D eigenvalue weighted by atomic mass is 32.2. The monoisotopic (exact) mass is 259 g/mol. The predicted octanol–water partition coefficient (Wildman–Crippen LogP) is 0.746. The third-order valence-electron chi connectivity index (χ3n) is 2.24. The fraction of sp³-hybridized carbons (Fsp3) is 0.455. The largest absolute Gasteiger partial charge is 0.495 e. The van der Waals surface area contributed by atoms with Crippen LogP contribution in [-0.4, -0.2) is 33.8 Å². The molecule has 0 atom stereocenters. The molecule has 1 aromatic rings. The minimum atomic E-state index is -3.54. The third-order valence-corrected chi connectivity index (χ3v) is 3.74. The lowest BCUT2D eigenvalue weighted by atomic mass is 10.3. The number of ether oxygens (including phenoxy) is 1. The first-order valence-corrected chi connectivity index (χ1v) is 6.83. The zero-order chi connectivity index (χ0) is 12.7. The van der Waals surface area contributed by atoms with Crippen LogP contribution in [0.5, 0.6) is 5.75 Å². The molecule has 6 heteroatoms. The molecule has 0 amide bonds. The van der Waals surface area contributed by atoms with Crippen molar-refractivity contribution in [3.05, 3.63) is 24.3 Å². The zero-order valence-electron chi connectivity index (χ0n) is 9.72. The van der Waals surface area contributed by atoms with E-state index in [1.807, 2.05) is 0 Å². The molecule has 0 radical (unpaired) electrons. The summed E-state index contributed by atoms with van der Waals surface area (Å²) in [5, 5.41) is 8.60. The van der Waals surface area contributed by atoms with Crippen LogP contribution in [0.3, 0.4) is 0 Å². The molecule has 17 heavy (non-hydrogen) atoms. The number of nitrogens with one attached hydrogen (secondary N) is 1. The first-order valence-electron chi connectivity index (χ1n) is 5.35. The van der Waals surface area contributed by atoms with Crippen molar-refractivity contribution in [1.82, 2.24) is 4.72 Å². The molecule has 96 valence electrons. The predicted molar refractivity (Wildman–Crippen MR) is 64.5 cm³/mol. The van der Waals surface area contributed by atoms with Crippen LogP contribution < -0.4 is 9.46 Å². The molecular formula is C11H17NO4S. The lowest BCUT2D eigenvalue weighted by Crippen LogP contribution is -2.25. The highest BCUT2D eigenvalue weighted by molar-refractivity contribution is 7.89. The van der Waals surface area contributed by atoms with Gasteiger partial charge in [-0.05, 0) is 25.0 Å². The number of sulfonamides is 1. The van der Waals surface area contributed by atoms with Gasteiger partial charge in [-0.1, -0.05) is 12.1 Å². The van der Waals surface area contributed by atoms with Crippen LogP contribution in [0.4, 0.5) is 0 Å². The molecular weight excluding hydrogens is 242 g/mol. The normalized spacial score (nSPS) is 11.4. The standard InChI is InChI=1S/C11H17NO4S/c1-16-10-6-2-3-7-11(10)17(14,15)12-8-4-5-9-13/h2-3,6-7,12-13H,4-5,8-9H2,1H3. The van der Waals surface area contributed by atoms with Gasteiger partial charge >= 0.3 is 0 Å². The average molecular weight is 259 g/mol. The maximum absolute atomic E-state index is 11.9. The van der Waals surface area contributed by atoms with Crippen molar-refractivity contribution in [3.8, 4) is 5.75 Å². The number of aliphatic hydroxyl groups is 1. The Morgan fingerprint density at radius 2 is 2.00 bits per heavy atom. The van der Waals surface area contributed by atoms with Crippen LogP contribution in [0.25, 0.3) is 0 Å². The van der Waals surface area contributed by atoms with Crippen LogP contribution >= 0.6 is 0 Å². The molecule has 1 aromatic carbocycles.